The van der Waals surface area contributed by atoms with Gasteiger partial charge in [-0.3, -0.25) is 4.79 Å². The molecule has 0 bridgehead atoms. The second kappa shape index (κ2) is 7.47. The van der Waals surface area contributed by atoms with Gasteiger partial charge >= 0.3 is 0 Å². The molecule has 1 amide bonds. The first kappa shape index (κ1) is 16.5. The highest BCUT2D eigenvalue weighted by Crippen LogP contribution is 2.27. The smallest absolute Gasteiger partial charge is 0.217 e. The van der Waals surface area contributed by atoms with Gasteiger partial charge in [-0.1, -0.05) is 35.9 Å². The number of benzene rings is 2. The number of halogens is 1. The monoisotopic (exact) mass is 357 g/mol. The van der Waals surface area contributed by atoms with Crippen LogP contribution in [0.4, 0.5) is 10.8 Å². The lowest BCUT2D eigenvalue weighted by molar-refractivity contribution is -0.119. The minimum absolute atomic E-state index is 0.0310. The molecule has 0 spiro atoms. The van der Waals surface area contributed by atoms with E-state index in [2.05, 4.69) is 15.6 Å². The topological polar surface area (TPSA) is 54.0 Å². The first-order chi connectivity index (χ1) is 11.6. The zero-order valence-corrected chi connectivity index (χ0v) is 14.6. The summed E-state index contributed by atoms with van der Waals surface area (Å²) in [5.74, 6) is -0.0310. The van der Waals surface area contributed by atoms with Crippen molar-refractivity contribution in [1.82, 2.24) is 10.3 Å². The molecule has 4 nitrogen and oxygen atoms in total. The van der Waals surface area contributed by atoms with Crippen LogP contribution in [0.5, 0.6) is 0 Å². The lowest BCUT2D eigenvalue weighted by Crippen LogP contribution is -2.18. The van der Waals surface area contributed by atoms with Crippen molar-refractivity contribution in [2.75, 3.05) is 5.32 Å². The van der Waals surface area contributed by atoms with Gasteiger partial charge in [-0.05, 0) is 29.8 Å². The summed E-state index contributed by atoms with van der Waals surface area (Å²) < 4.78 is 0. The van der Waals surface area contributed by atoms with Crippen LogP contribution in [-0.2, 0) is 11.3 Å². The standard InChI is InChI=1S/C18H16ClN3OS/c1-12(23)20-10-13-2-4-14(5-3-13)17-11-24-18(22-17)21-16-8-6-15(19)7-9-16/h2-9,11H,10H2,1H3,(H,20,23)(H,21,22). The number of thiazole rings is 1. The summed E-state index contributed by atoms with van der Waals surface area (Å²) in [6.07, 6.45) is 0. The van der Waals surface area contributed by atoms with Crippen LogP contribution >= 0.6 is 22.9 Å². The molecule has 0 unspecified atom stereocenters. The molecule has 6 heteroatoms. The van der Waals surface area contributed by atoms with Gasteiger partial charge in [0.15, 0.2) is 5.13 Å². The minimum atomic E-state index is -0.0310. The van der Waals surface area contributed by atoms with Gasteiger partial charge in [0, 0.05) is 35.1 Å². The third kappa shape index (κ3) is 4.34. The van der Waals surface area contributed by atoms with Crippen LogP contribution in [0.3, 0.4) is 0 Å². The molecule has 0 saturated heterocycles. The molecule has 2 N–H and O–H groups in total. The van der Waals surface area contributed by atoms with Crippen molar-refractivity contribution in [2.24, 2.45) is 0 Å². The number of anilines is 2. The molecular weight excluding hydrogens is 342 g/mol. The Morgan fingerprint density at radius 3 is 2.50 bits per heavy atom. The summed E-state index contributed by atoms with van der Waals surface area (Å²) in [4.78, 5) is 15.5. The summed E-state index contributed by atoms with van der Waals surface area (Å²) in [5.41, 5.74) is 3.97. The molecule has 1 heterocycles. The molecule has 0 atom stereocenters. The minimum Gasteiger partial charge on any atom is -0.352 e. The number of hydrogen-bond acceptors (Lipinski definition) is 4. The Morgan fingerprint density at radius 1 is 1.12 bits per heavy atom. The van der Waals surface area contributed by atoms with E-state index in [0.29, 0.717) is 11.6 Å². The average Bonchev–Trinajstić information content (AvgIpc) is 3.04. The predicted molar refractivity (Wildman–Crippen MR) is 99.8 cm³/mol. The number of hydrogen-bond donors (Lipinski definition) is 2. The van der Waals surface area contributed by atoms with Crippen molar-refractivity contribution < 1.29 is 4.79 Å². The Labute approximate surface area is 149 Å². The van der Waals surface area contributed by atoms with Gasteiger partial charge in [0.1, 0.15) is 0 Å². The molecule has 3 rings (SSSR count). The molecule has 0 aliphatic carbocycles. The molecule has 0 fully saturated rings. The van der Waals surface area contributed by atoms with E-state index in [1.807, 2.05) is 53.9 Å². The average molecular weight is 358 g/mol. The first-order valence-corrected chi connectivity index (χ1v) is 8.68. The molecule has 2 aromatic carbocycles. The number of nitrogens with zero attached hydrogens (tertiary/aromatic N) is 1. The summed E-state index contributed by atoms with van der Waals surface area (Å²) in [7, 11) is 0. The lowest BCUT2D eigenvalue weighted by atomic mass is 10.1. The van der Waals surface area contributed by atoms with Crippen LogP contribution in [0, 0.1) is 0 Å². The van der Waals surface area contributed by atoms with Gasteiger partial charge in [0.25, 0.3) is 0 Å². The van der Waals surface area contributed by atoms with Gasteiger partial charge < -0.3 is 10.6 Å². The molecule has 0 aliphatic rings. The van der Waals surface area contributed by atoms with Crippen molar-refractivity contribution in [1.29, 1.82) is 0 Å². The second-order valence-corrected chi connectivity index (χ2v) is 6.57. The Morgan fingerprint density at radius 2 is 1.83 bits per heavy atom. The van der Waals surface area contributed by atoms with Crippen molar-refractivity contribution in [3.8, 4) is 11.3 Å². The molecule has 122 valence electrons. The fourth-order valence-corrected chi connectivity index (χ4v) is 3.01. The van der Waals surface area contributed by atoms with Crippen LogP contribution in [0.15, 0.2) is 53.9 Å². The van der Waals surface area contributed by atoms with E-state index in [4.69, 9.17) is 11.6 Å². The second-order valence-electron chi connectivity index (χ2n) is 5.28. The summed E-state index contributed by atoms with van der Waals surface area (Å²) in [6.45, 7) is 2.05. The number of rotatable bonds is 5. The first-order valence-electron chi connectivity index (χ1n) is 7.42. The Bertz CT molecular complexity index is 828. The van der Waals surface area contributed by atoms with Gasteiger partial charge in [0.05, 0.1) is 5.69 Å². The van der Waals surface area contributed by atoms with Crippen molar-refractivity contribution in [3.05, 3.63) is 64.5 Å². The third-order valence-corrected chi connectivity index (χ3v) is 4.40. The zero-order valence-electron chi connectivity index (χ0n) is 13.0. The largest absolute Gasteiger partial charge is 0.352 e. The molecule has 24 heavy (non-hydrogen) atoms. The Kier molecular flexibility index (Phi) is 5.13. The molecular formula is C18H16ClN3OS. The van der Waals surface area contributed by atoms with E-state index < -0.39 is 0 Å². The van der Waals surface area contributed by atoms with Gasteiger partial charge in [-0.25, -0.2) is 4.98 Å². The Balaban J connectivity index is 1.68. The van der Waals surface area contributed by atoms with Crippen LogP contribution in [0.2, 0.25) is 5.02 Å². The third-order valence-electron chi connectivity index (χ3n) is 3.39. The van der Waals surface area contributed by atoms with E-state index in [1.54, 1.807) is 11.3 Å². The lowest BCUT2D eigenvalue weighted by Gasteiger charge is -2.04. The van der Waals surface area contributed by atoms with Gasteiger partial charge in [-0.2, -0.15) is 0 Å². The van der Waals surface area contributed by atoms with Crippen LogP contribution in [0.25, 0.3) is 11.3 Å². The van der Waals surface area contributed by atoms with Gasteiger partial charge in [-0.15, -0.1) is 11.3 Å². The molecule has 3 aromatic rings. The van der Waals surface area contributed by atoms with E-state index in [1.165, 1.54) is 6.92 Å². The maximum absolute atomic E-state index is 10.9. The van der Waals surface area contributed by atoms with Crippen LogP contribution in [-0.4, -0.2) is 10.9 Å². The molecule has 1 aromatic heterocycles. The van der Waals surface area contributed by atoms with Crippen molar-refractivity contribution in [2.45, 2.75) is 13.5 Å². The maximum Gasteiger partial charge on any atom is 0.217 e. The highest BCUT2D eigenvalue weighted by molar-refractivity contribution is 7.14. The van der Waals surface area contributed by atoms with Crippen LogP contribution < -0.4 is 10.6 Å². The summed E-state index contributed by atoms with van der Waals surface area (Å²) in [5, 5.41) is 9.60. The predicted octanol–water partition coefficient (Wildman–Crippen LogP) is 4.84. The number of amides is 1. The zero-order chi connectivity index (χ0) is 16.9. The van der Waals surface area contributed by atoms with Crippen LogP contribution in [0.1, 0.15) is 12.5 Å². The fourth-order valence-electron chi connectivity index (χ4n) is 2.14. The summed E-state index contributed by atoms with van der Waals surface area (Å²) in [6, 6.07) is 15.5. The molecule has 0 aliphatic heterocycles. The van der Waals surface area contributed by atoms with E-state index in [0.717, 1.165) is 27.6 Å². The summed E-state index contributed by atoms with van der Waals surface area (Å²) >= 11 is 7.44. The van der Waals surface area contributed by atoms with E-state index in [9.17, 15) is 4.79 Å². The van der Waals surface area contributed by atoms with Crippen molar-refractivity contribution in [3.63, 3.8) is 0 Å². The van der Waals surface area contributed by atoms with Crippen molar-refractivity contribution >= 4 is 39.7 Å². The quantitative estimate of drug-likeness (QED) is 0.686. The Hall–Kier alpha value is -2.37. The highest BCUT2D eigenvalue weighted by atomic mass is 35.5. The van der Waals surface area contributed by atoms with E-state index in [-0.39, 0.29) is 5.91 Å². The number of aromatic nitrogens is 1. The SMILES string of the molecule is CC(=O)NCc1ccc(-c2csc(Nc3ccc(Cl)cc3)n2)cc1. The molecule has 0 saturated carbocycles. The maximum atomic E-state index is 10.9. The normalized spacial score (nSPS) is 10.4. The fraction of sp³-hybridized carbons (Fsp3) is 0.111. The molecule has 0 radical (unpaired) electrons. The highest BCUT2D eigenvalue weighted by Gasteiger charge is 2.05. The number of nitrogens with one attached hydrogen (secondary N) is 2. The number of carbonyl (C=O) groups excluding carboxylic acids is 1. The number of carbonyl (C=O) groups is 1. The van der Waals surface area contributed by atoms with Gasteiger partial charge in [0.2, 0.25) is 5.91 Å². The van der Waals surface area contributed by atoms with E-state index >= 15 is 0 Å².